The summed E-state index contributed by atoms with van der Waals surface area (Å²) in [5, 5.41) is 24.3. The van der Waals surface area contributed by atoms with E-state index < -0.39 is 45.8 Å². The number of carbonyl (C=O) groups is 4. The molecule has 9 aromatic rings. The molecule has 3 saturated heterocycles. The minimum Gasteiger partial charge on any atom is -0.497 e. The number of halogens is 10. The van der Waals surface area contributed by atoms with Crippen molar-refractivity contribution in [2.24, 2.45) is 35.5 Å². The molecule has 25 nitrogen and oxygen atoms in total. The third kappa shape index (κ3) is 15.9. The zero-order valence-electron chi connectivity index (χ0n) is 61.7. The molecule has 6 aliphatic heterocycles. The number of Topliss-reactive ketones (excluding diaryl/α,β-unsaturated/α-hetero) is 1. The van der Waals surface area contributed by atoms with E-state index in [9.17, 15) is 67.1 Å². The lowest BCUT2D eigenvalue weighted by atomic mass is 9.84. The standard InChI is InChI=1S/C26H28ClF3N6O2.C26H29F3N6O2.C23H25F3N6O3S/c1-3-4-21(37)16-5-6-18-20(11-16)31-12-19(27)23(18)34-8-7-17(15(2)13-34)24(38)35-9-10-36-22(14-35)32-33-25(36)26(28,29)30;1-15-13-33(23-19-6-5-17(37-2)11-21(19)30-12-20(23)16-3-4-16)8-7-18(15)24(36)34-9-10-35-22(14-34)31-32-25(35)26(27,28)29;1-14-12-30(19-5-7-27-18-11-15(36(2,34)35)3-4-17(18)19)8-6-16(14)21(33)31-9-10-32-20(13-31)28-29-22(32)23(24,25)26/h5-6,11-12,15,17H,3-4,7-10,13-14H2,1-2H3;5-6,11-12,15-16,18H,3-4,7-10,13-14H2,1-2H3;3-5,7,11,14,16H,6,8-10,12-13H2,1-2H3/t15-,17+;15-,18+;14-,16+/m111/s1. The molecule has 0 bridgehead atoms. The van der Waals surface area contributed by atoms with E-state index in [2.05, 4.69) is 68.2 Å². The van der Waals surface area contributed by atoms with Crippen molar-refractivity contribution in [2.45, 2.75) is 141 Å². The number of amides is 3. The molecule has 0 radical (unpaired) electrons. The topological polar surface area (TPSA) is 262 Å². The summed E-state index contributed by atoms with van der Waals surface area (Å²) in [7, 11) is -1.71. The van der Waals surface area contributed by atoms with Gasteiger partial charge in [-0.15, -0.1) is 30.6 Å². The Labute approximate surface area is 637 Å². The van der Waals surface area contributed by atoms with Gasteiger partial charge in [-0.05, 0) is 116 Å². The number of alkyl halides is 9. The number of hydrogen-bond donors (Lipinski definition) is 0. The van der Waals surface area contributed by atoms with Crippen molar-refractivity contribution in [3.8, 4) is 5.75 Å². The van der Waals surface area contributed by atoms with Gasteiger partial charge < -0.3 is 47.8 Å². The highest BCUT2D eigenvalue weighted by Crippen LogP contribution is 2.48. The molecule has 36 heteroatoms. The van der Waals surface area contributed by atoms with Crippen molar-refractivity contribution in [1.82, 2.24) is 73.9 Å². The Kier molecular flexibility index (Phi) is 21.6. The van der Waals surface area contributed by atoms with Crippen molar-refractivity contribution < 1.29 is 71.8 Å². The number of carbonyl (C=O) groups excluding carboxylic acids is 4. The summed E-state index contributed by atoms with van der Waals surface area (Å²) in [6.07, 6.45) is -1.91. The van der Waals surface area contributed by atoms with Crippen LogP contribution in [0.2, 0.25) is 5.02 Å². The summed E-state index contributed by atoms with van der Waals surface area (Å²) >= 11 is 6.60. The number of benzene rings is 3. The number of rotatable bonds is 12. The number of pyridine rings is 3. The zero-order chi connectivity index (χ0) is 78.9. The zero-order valence-corrected chi connectivity index (χ0v) is 63.3. The summed E-state index contributed by atoms with van der Waals surface area (Å²) in [6, 6.07) is 18.2. The molecule has 16 rings (SSSR count). The first-order valence-corrected chi connectivity index (χ1v) is 39.3. The lowest BCUT2D eigenvalue weighted by Gasteiger charge is -2.41. The number of ketones is 1. The lowest BCUT2D eigenvalue weighted by molar-refractivity contribution is -0.149. The Hall–Kier alpha value is -9.80. The normalized spacial score (nSPS) is 21.1. The first-order valence-electron chi connectivity index (χ1n) is 37.0. The molecule has 0 unspecified atom stereocenters. The SMILES string of the molecule is CCCC(=O)c1ccc2c(N3CC[C@H](C(=O)N4CCn5c(nnc5C(F)(F)F)C4)[C@H](C)C3)c(Cl)cnc2c1.COc1ccc2c(N3CC[C@H](C(=O)N4CCn5c(nnc5C(F)(F)F)C4)[C@H](C)C3)c(C3CC3)cnc2c1.C[C@@H]1CN(c2ccnc3cc(S(C)(=O)=O)ccc23)CC[C@@H]1C(=O)N1CCn2c(nnc2C(F)(F)F)C1. The number of sulfone groups is 1. The van der Waals surface area contributed by atoms with Crippen LogP contribution in [0.1, 0.15) is 129 Å². The number of piperidine rings is 3. The number of hydrogen-bond acceptors (Lipinski definition) is 19. The third-order valence-electron chi connectivity index (χ3n) is 22.4. The molecule has 1 saturated carbocycles. The maximum atomic E-state index is 13.5. The summed E-state index contributed by atoms with van der Waals surface area (Å²) in [6.45, 7) is 12.6. The maximum absolute atomic E-state index is 13.5. The molecule has 7 aliphatic rings. The molecule has 4 fully saturated rings. The van der Waals surface area contributed by atoms with E-state index in [0.29, 0.717) is 79.4 Å². The van der Waals surface area contributed by atoms with Gasteiger partial charge in [-0.2, -0.15) is 39.5 Å². The Morgan fingerprint density at radius 2 is 0.955 bits per heavy atom. The minimum absolute atomic E-state index is 0.00436. The Bertz CT molecular complexity index is 5190. The molecule has 590 valence electrons. The fraction of sp³-hybridized carbons (Fsp3) is 0.507. The van der Waals surface area contributed by atoms with Crippen LogP contribution in [0, 0.1) is 35.5 Å². The monoisotopic (exact) mass is 1580 g/mol. The number of ether oxygens (including phenoxy) is 1. The molecule has 6 atom stereocenters. The molecular weight excluding hydrogens is 1500 g/mol. The molecule has 6 aromatic heterocycles. The van der Waals surface area contributed by atoms with Crippen LogP contribution in [0.25, 0.3) is 32.7 Å². The van der Waals surface area contributed by atoms with Crippen molar-refractivity contribution in [1.29, 1.82) is 0 Å². The molecule has 3 amide bonds. The predicted molar refractivity (Wildman–Crippen MR) is 391 cm³/mol. The van der Waals surface area contributed by atoms with E-state index in [1.54, 1.807) is 64.5 Å². The summed E-state index contributed by atoms with van der Waals surface area (Å²) in [5.41, 5.74) is 7.00. The van der Waals surface area contributed by atoms with Crippen LogP contribution in [0.5, 0.6) is 5.75 Å². The van der Waals surface area contributed by atoms with Crippen LogP contribution >= 0.6 is 11.6 Å². The second-order valence-corrected chi connectivity index (χ2v) is 32.3. The molecule has 0 spiro atoms. The summed E-state index contributed by atoms with van der Waals surface area (Å²) in [4.78, 5) is 77.8. The molecule has 0 N–H and O–H groups in total. The van der Waals surface area contributed by atoms with E-state index in [0.717, 1.165) is 91.1 Å². The first kappa shape index (κ1) is 77.9. The second-order valence-electron chi connectivity index (χ2n) is 29.9. The molecule has 3 aromatic carbocycles. The second kappa shape index (κ2) is 30.7. The maximum Gasteiger partial charge on any atom is 0.451 e. The molecule has 12 heterocycles. The van der Waals surface area contributed by atoms with Crippen LogP contribution in [-0.2, 0) is 82.0 Å². The molecular formula is C75H82ClF9N18O7S. The molecule has 1 aliphatic carbocycles. The largest absolute Gasteiger partial charge is 0.497 e. The van der Waals surface area contributed by atoms with Gasteiger partial charge in [0.25, 0.3) is 0 Å². The van der Waals surface area contributed by atoms with Crippen molar-refractivity contribution in [3.63, 3.8) is 0 Å². The van der Waals surface area contributed by atoms with Gasteiger partial charge in [0.15, 0.2) is 33.1 Å². The number of anilines is 3. The number of nitrogens with zero attached hydrogens (tertiary/aromatic N) is 18. The lowest BCUT2D eigenvalue weighted by Crippen LogP contribution is -2.49. The van der Waals surface area contributed by atoms with Crippen molar-refractivity contribution in [3.05, 3.63) is 130 Å². The van der Waals surface area contributed by atoms with E-state index in [-0.39, 0.29) is 140 Å². The highest BCUT2D eigenvalue weighted by Gasteiger charge is 2.46. The quantitative estimate of drug-likeness (QED) is 0.0813. The smallest absolute Gasteiger partial charge is 0.451 e. The fourth-order valence-electron chi connectivity index (χ4n) is 16.5. The van der Waals surface area contributed by atoms with Gasteiger partial charge >= 0.3 is 18.5 Å². The van der Waals surface area contributed by atoms with Gasteiger partial charge in [-0.25, -0.2) is 8.42 Å². The van der Waals surface area contributed by atoms with Crippen LogP contribution in [0.3, 0.4) is 0 Å². The van der Waals surface area contributed by atoms with Crippen molar-refractivity contribution in [2.75, 3.05) is 87.0 Å². The van der Waals surface area contributed by atoms with Crippen molar-refractivity contribution >= 4 is 94.7 Å². The Balaban J connectivity index is 0.000000139. The van der Waals surface area contributed by atoms with Gasteiger partial charge in [0.2, 0.25) is 35.2 Å². The highest BCUT2D eigenvalue weighted by atomic mass is 35.5. The van der Waals surface area contributed by atoms with E-state index >= 15 is 0 Å². The third-order valence-corrected chi connectivity index (χ3v) is 23.8. The number of methoxy groups -OCH3 is 1. The predicted octanol–water partition coefficient (Wildman–Crippen LogP) is 12.0. The van der Waals surface area contributed by atoms with E-state index in [1.807, 2.05) is 51.2 Å². The first-order chi connectivity index (χ1) is 52.7. The van der Waals surface area contributed by atoms with Crippen LogP contribution < -0.4 is 19.4 Å². The summed E-state index contributed by atoms with van der Waals surface area (Å²) in [5.74, 6) is -2.04. The van der Waals surface area contributed by atoms with Gasteiger partial charge in [0.05, 0.1) is 64.6 Å². The van der Waals surface area contributed by atoms with Gasteiger partial charge in [-0.3, -0.25) is 34.1 Å². The van der Waals surface area contributed by atoms with Gasteiger partial charge in [0, 0.05) is 161 Å². The number of aromatic nitrogens is 12. The average Bonchev–Trinajstić information content (AvgIpc) is 1.45. The Morgan fingerprint density at radius 3 is 1.42 bits per heavy atom. The van der Waals surface area contributed by atoms with E-state index in [4.69, 9.17) is 21.3 Å². The van der Waals surface area contributed by atoms with E-state index in [1.165, 1.54) is 11.3 Å². The molecule has 111 heavy (non-hydrogen) atoms. The van der Waals surface area contributed by atoms with Crippen LogP contribution in [0.4, 0.5) is 56.6 Å². The van der Waals surface area contributed by atoms with Crippen LogP contribution in [0.15, 0.2) is 84.1 Å². The number of fused-ring (bicyclic) bond motifs is 6. The van der Waals surface area contributed by atoms with Crippen LogP contribution in [-0.4, -0.2) is 178 Å². The average molecular weight is 1590 g/mol. The highest BCUT2D eigenvalue weighted by molar-refractivity contribution is 7.90. The van der Waals surface area contributed by atoms with Gasteiger partial charge in [-0.1, -0.05) is 45.4 Å². The van der Waals surface area contributed by atoms with Gasteiger partial charge in [0.1, 0.15) is 5.75 Å². The summed E-state index contributed by atoms with van der Waals surface area (Å²) < 4.78 is 151. The minimum atomic E-state index is -4.58. The fourth-order valence-corrected chi connectivity index (χ4v) is 17.4. The Morgan fingerprint density at radius 1 is 0.514 bits per heavy atom.